The second-order valence-electron chi connectivity index (χ2n) is 5.27. The number of rotatable bonds is 5. The van der Waals surface area contributed by atoms with Crippen LogP contribution in [0, 0.1) is 5.92 Å². The van der Waals surface area contributed by atoms with E-state index in [4.69, 9.17) is 16.3 Å². The Morgan fingerprint density at radius 1 is 1.42 bits per heavy atom. The van der Waals surface area contributed by atoms with Gasteiger partial charge >= 0.3 is 0 Å². The number of aromatic nitrogens is 1. The van der Waals surface area contributed by atoms with E-state index in [1.54, 1.807) is 0 Å². The second kappa shape index (κ2) is 7.08. The quantitative estimate of drug-likeness (QED) is 0.900. The van der Waals surface area contributed by atoms with Gasteiger partial charge in [-0.2, -0.15) is 0 Å². The number of ether oxygens (including phenoxy) is 1. The SMILES string of the molecule is CC(C)CNCc1cnc(N2CCOCC2)c(Cl)c1. The van der Waals surface area contributed by atoms with Gasteiger partial charge in [0.2, 0.25) is 0 Å². The summed E-state index contributed by atoms with van der Waals surface area (Å²) < 4.78 is 5.34. The van der Waals surface area contributed by atoms with Crippen LogP contribution in [0.3, 0.4) is 0 Å². The maximum Gasteiger partial charge on any atom is 0.147 e. The number of morpholine rings is 1. The van der Waals surface area contributed by atoms with Gasteiger partial charge in [0, 0.05) is 25.8 Å². The van der Waals surface area contributed by atoms with Crippen LogP contribution >= 0.6 is 11.6 Å². The summed E-state index contributed by atoms with van der Waals surface area (Å²) in [7, 11) is 0. The second-order valence-corrected chi connectivity index (χ2v) is 5.68. The first kappa shape index (κ1) is 14.6. The Hall–Kier alpha value is -0.840. The molecule has 0 saturated carbocycles. The maximum atomic E-state index is 6.33. The maximum absolute atomic E-state index is 6.33. The number of hydrogen-bond donors (Lipinski definition) is 1. The molecule has 1 fully saturated rings. The van der Waals surface area contributed by atoms with Crippen molar-refractivity contribution >= 4 is 17.4 Å². The van der Waals surface area contributed by atoms with Gasteiger partial charge in [0.15, 0.2) is 0 Å². The van der Waals surface area contributed by atoms with E-state index in [0.29, 0.717) is 5.92 Å². The summed E-state index contributed by atoms with van der Waals surface area (Å²) in [5.74, 6) is 1.52. The molecular formula is C14H22ClN3O. The van der Waals surface area contributed by atoms with Crippen molar-refractivity contribution in [3.05, 3.63) is 22.8 Å². The normalized spacial score (nSPS) is 16.1. The lowest BCUT2D eigenvalue weighted by Gasteiger charge is -2.28. The molecule has 19 heavy (non-hydrogen) atoms. The van der Waals surface area contributed by atoms with Crippen LogP contribution in [0.2, 0.25) is 5.02 Å². The molecule has 0 spiro atoms. The van der Waals surface area contributed by atoms with Crippen molar-refractivity contribution < 1.29 is 4.74 Å². The molecule has 1 aliphatic rings. The number of hydrogen-bond acceptors (Lipinski definition) is 4. The molecule has 1 aliphatic heterocycles. The summed E-state index contributed by atoms with van der Waals surface area (Å²) in [6.07, 6.45) is 1.91. The number of halogens is 1. The van der Waals surface area contributed by atoms with Crippen molar-refractivity contribution in [1.82, 2.24) is 10.3 Å². The standard InChI is InChI=1S/C14H22ClN3O/c1-11(2)8-16-9-12-7-13(15)14(17-10-12)18-3-5-19-6-4-18/h7,10-11,16H,3-6,8-9H2,1-2H3. The van der Waals surface area contributed by atoms with Crippen LogP contribution in [0.5, 0.6) is 0 Å². The largest absolute Gasteiger partial charge is 0.378 e. The van der Waals surface area contributed by atoms with E-state index < -0.39 is 0 Å². The first-order valence-corrected chi connectivity index (χ1v) is 7.22. The highest BCUT2D eigenvalue weighted by atomic mass is 35.5. The summed E-state index contributed by atoms with van der Waals surface area (Å²) in [5, 5.41) is 4.12. The third kappa shape index (κ3) is 4.34. The highest BCUT2D eigenvalue weighted by molar-refractivity contribution is 6.33. The molecule has 4 nitrogen and oxygen atoms in total. The Kier molecular flexibility index (Phi) is 5.43. The minimum atomic E-state index is 0.649. The summed E-state index contributed by atoms with van der Waals surface area (Å²) >= 11 is 6.33. The zero-order valence-electron chi connectivity index (χ0n) is 11.7. The fourth-order valence-corrected chi connectivity index (χ4v) is 2.39. The molecule has 1 saturated heterocycles. The van der Waals surface area contributed by atoms with Gasteiger partial charge in [-0.15, -0.1) is 0 Å². The lowest BCUT2D eigenvalue weighted by atomic mass is 10.2. The monoisotopic (exact) mass is 283 g/mol. The fraction of sp³-hybridized carbons (Fsp3) is 0.643. The van der Waals surface area contributed by atoms with E-state index in [9.17, 15) is 0 Å². The molecule has 5 heteroatoms. The summed E-state index contributed by atoms with van der Waals surface area (Å²) in [6, 6.07) is 2.01. The van der Waals surface area contributed by atoms with Gasteiger partial charge in [-0.1, -0.05) is 25.4 Å². The Labute approximate surface area is 120 Å². The molecule has 0 unspecified atom stereocenters. The molecule has 106 valence electrons. The zero-order valence-corrected chi connectivity index (χ0v) is 12.4. The molecule has 1 aromatic rings. The minimum Gasteiger partial charge on any atom is -0.378 e. The Balaban J connectivity index is 1.96. The third-order valence-electron chi connectivity index (χ3n) is 3.07. The van der Waals surface area contributed by atoms with E-state index in [1.165, 1.54) is 0 Å². The van der Waals surface area contributed by atoms with Crippen molar-refractivity contribution in [1.29, 1.82) is 0 Å². The van der Waals surface area contributed by atoms with E-state index in [2.05, 4.69) is 29.0 Å². The van der Waals surface area contributed by atoms with Gasteiger partial charge in [0.25, 0.3) is 0 Å². The predicted molar refractivity (Wildman–Crippen MR) is 78.8 cm³/mol. The first-order valence-electron chi connectivity index (χ1n) is 6.84. The van der Waals surface area contributed by atoms with E-state index in [-0.39, 0.29) is 0 Å². The molecule has 2 heterocycles. The zero-order chi connectivity index (χ0) is 13.7. The average Bonchev–Trinajstić information content (AvgIpc) is 2.39. The molecule has 0 radical (unpaired) electrons. The van der Waals surface area contributed by atoms with Gasteiger partial charge in [0.1, 0.15) is 5.82 Å². The highest BCUT2D eigenvalue weighted by Crippen LogP contribution is 2.24. The minimum absolute atomic E-state index is 0.649. The first-order chi connectivity index (χ1) is 9.16. The Bertz CT molecular complexity index is 406. The lowest BCUT2D eigenvalue weighted by Crippen LogP contribution is -2.37. The van der Waals surface area contributed by atoms with Crippen molar-refractivity contribution in [3.63, 3.8) is 0 Å². The van der Waals surface area contributed by atoms with Gasteiger partial charge < -0.3 is 15.0 Å². The molecule has 0 amide bonds. The molecular weight excluding hydrogens is 262 g/mol. The fourth-order valence-electron chi connectivity index (χ4n) is 2.08. The Morgan fingerprint density at radius 2 is 2.16 bits per heavy atom. The number of nitrogens with zero attached hydrogens (tertiary/aromatic N) is 2. The molecule has 1 N–H and O–H groups in total. The smallest absolute Gasteiger partial charge is 0.147 e. The van der Waals surface area contributed by atoms with Gasteiger partial charge in [-0.3, -0.25) is 0 Å². The van der Waals surface area contributed by atoms with Gasteiger partial charge in [-0.05, 0) is 24.1 Å². The Morgan fingerprint density at radius 3 is 2.79 bits per heavy atom. The summed E-state index contributed by atoms with van der Waals surface area (Å²) in [4.78, 5) is 6.68. The molecule has 1 aromatic heterocycles. The average molecular weight is 284 g/mol. The van der Waals surface area contributed by atoms with Crippen molar-refractivity contribution in [3.8, 4) is 0 Å². The van der Waals surface area contributed by atoms with E-state index >= 15 is 0 Å². The van der Waals surface area contributed by atoms with Crippen molar-refractivity contribution in [2.24, 2.45) is 5.92 Å². The van der Waals surface area contributed by atoms with E-state index in [0.717, 1.165) is 55.8 Å². The van der Waals surface area contributed by atoms with Crippen LogP contribution in [0.1, 0.15) is 19.4 Å². The summed E-state index contributed by atoms with van der Waals surface area (Å²) in [5.41, 5.74) is 1.13. The summed E-state index contributed by atoms with van der Waals surface area (Å²) in [6.45, 7) is 9.41. The van der Waals surface area contributed by atoms with Crippen molar-refractivity contribution in [2.45, 2.75) is 20.4 Å². The topological polar surface area (TPSA) is 37.4 Å². The molecule has 0 aliphatic carbocycles. The number of pyridine rings is 1. The number of anilines is 1. The molecule has 0 atom stereocenters. The van der Waals surface area contributed by atoms with Crippen LogP contribution in [0.25, 0.3) is 0 Å². The van der Waals surface area contributed by atoms with Crippen molar-refractivity contribution in [2.75, 3.05) is 37.7 Å². The predicted octanol–water partition coefficient (Wildman–Crippen LogP) is 2.32. The number of nitrogens with one attached hydrogen (secondary N) is 1. The highest BCUT2D eigenvalue weighted by Gasteiger charge is 2.15. The van der Waals surface area contributed by atoms with Crippen LogP contribution < -0.4 is 10.2 Å². The van der Waals surface area contributed by atoms with E-state index in [1.807, 2.05) is 12.3 Å². The third-order valence-corrected chi connectivity index (χ3v) is 3.35. The van der Waals surface area contributed by atoms with Gasteiger partial charge in [-0.25, -0.2) is 4.98 Å². The van der Waals surface area contributed by atoms with Crippen LogP contribution in [0.4, 0.5) is 5.82 Å². The van der Waals surface area contributed by atoms with Crippen LogP contribution in [-0.2, 0) is 11.3 Å². The lowest BCUT2D eigenvalue weighted by molar-refractivity contribution is 0.122. The van der Waals surface area contributed by atoms with Crippen LogP contribution in [0.15, 0.2) is 12.3 Å². The van der Waals surface area contributed by atoms with Gasteiger partial charge in [0.05, 0.1) is 18.2 Å². The van der Waals surface area contributed by atoms with Crippen LogP contribution in [-0.4, -0.2) is 37.8 Å². The molecule has 2 rings (SSSR count). The molecule has 0 aromatic carbocycles. The molecule has 0 bridgehead atoms.